The Labute approximate surface area is 150 Å². The quantitative estimate of drug-likeness (QED) is 0.375. The third kappa shape index (κ3) is 4.57. The molecule has 0 aliphatic heterocycles. The van der Waals surface area contributed by atoms with E-state index in [-0.39, 0.29) is 26.7 Å². The van der Waals surface area contributed by atoms with E-state index in [4.69, 9.17) is 11.5 Å². The fourth-order valence-electron chi connectivity index (χ4n) is 2.89. The normalized spacial score (nSPS) is 16.3. The molecule has 1 aliphatic carbocycles. The molecule has 0 unspecified atom stereocenters. The summed E-state index contributed by atoms with van der Waals surface area (Å²) in [5, 5.41) is 2.28. The number of nitrogens with zero attached hydrogens (tertiary/aromatic N) is 2. The van der Waals surface area contributed by atoms with E-state index in [0.717, 1.165) is 34.6 Å². The molecule has 124 valence electrons. The predicted molar refractivity (Wildman–Crippen MR) is 91.2 cm³/mol. The van der Waals surface area contributed by atoms with Crippen molar-refractivity contribution in [2.45, 2.75) is 37.8 Å². The minimum absolute atomic E-state index is 0. The van der Waals surface area contributed by atoms with Gasteiger partial charge in [-0.25, -0.2) is 0 Å². The third-order valence-corrected chi connectivity index (χ3v) is 4.13. The second-order valence-corrected chi connectivity index (χ2v) is 6.01. The van der Waals surface area contributed by atoms with Gasteiger partial charge in [0.1, 0.15) is 0 Å². The standard InChI is InChI=1S/C12H8N2.C6H14N2.Pt/c1-3-9-5-6-10-4-2-8-14-12(10)11(9)13-7-1;7-6(8)4-2-1-3-5-6;/h1-8H;1-5,7-8H2;. The van der Waals surface area contributed by atoms with Crippen LogP contribution in [0.3, 0.4) is 0 Å². The first-order chi connectivity index (χ1) is 10.7. The van der Waals surface area contributed by atoms with E-state index in [9.17, 15) is 0 Å². The molecule has 5 heteroatoms. The predicted octanol–water partition coefficient (Wildman–Crippen LogP) is 3.34. The van der Waals surface area contributed by atoms with Crippen LogP contribution in [0, 0.1) is 0 Å². The van der Waals surface area contributed by atoms with Crippen LogP contribution in [-0.4, -0.2) is 15.6 Å². The summed E-state index contributed by atoms with van der Waals surface area (Å²) in [7, 11) is 0. The molecule has 23 heavy (non-hydrogen) atoms. The fraction of sp³-hybridized carbons (Fsp3) is 0.333. The molecule has 4 nitrogen and oxygen atoms in total. The summed E-state index contributed by atoms with van der Waals surface area (Å²) in [5.74, 6) is 0. The van der Waals surface area contributed by atoms with Crippen molar-refractivity contribution in [2.24, 2.45) is 11.5 Å². The third-order valence-electron chi connectivity index (χ3n) is 4.13. The molecule has 0 saturated heterocycles. The van der Waals surface area contributed by atoms with Gasteiger partial charge < -0.3 is 11.5 Å². The van der Waals surface area contributed by atoms with Crippen LogP contribution in [0.25, 0.3) is 21.8 Å². The van der Waals surface area contributed by atoms with Crippen molar-refractivity contribution in [2.75, 3.05) is 0 Å². The second kappa shape index (κ2) is 7.96. The summed E-state index contributed by atoms with van der Waals surface area (Å²) in [6.07, 6.45) is 9.36. The van der Waals surface area contributed by atoms with Crippen molar-refractivity contribution in [3.8, 4) is 0 Å². The smallest absolute Gasteiger partial charge is 0.0964 e. The summed E-state index contributed by atoms with van der Waals surface area (Å²) < 4.78 is 0. The minimum atomic E-state index is -0.321. The number of hydrogen-bond acceptors (Lipinski definition) is 4. The Morgan fingerprint density at radius 1 is 0.739 bits per heavy atom. The maximum absolute atomic E-state index is 5.66. The Balaban J connectivity index is 0.000000185. The van der Waals surface area contributed by atoms with Gasteiger partial charge in [0.25, 0.3) is 0 Å². The van der Waals surface area contributed by atoms with Gasteiger partial charge in [-0.1, -0.05) is 43.5 Å². The summed E-state index contributed by atoms with van der Waals surface area (Å²) in [4.78, 5) is 8.69. The van der Waals surface area contributed by atoms with Crippen LogP contribution < -0.4 is 11.5 Å². The molecule has 1 aliphatic rings. The van der Waals surface area contributed by atoms with E-state index in [1.54, 1.807) is 12.4 Å². The molecular weight excluding hydrogens is 467 g/mol. The van der Waals surface area contributed by atoms with Crippen molar-refractivity contribution in [1.82, 2.24) is 9.97 Å². The molecule has 0 atom stereocenters. The molecule has 2 aromatic heterocycles. The maximum atomic E-state index is 5.66. The van der Waals surface area contributed by atoms with E-state index in [2.05, 4.69) is 34.2 Å². The summed E-state index contributed by atoms with van der Waals surface area (Å²) in [6, 6.07) is 12.1. The topological polar surface area (TPSA) is 77.8 Å². The summed E-state index contributed by atoms with van der Waals surface area (Å²) in [6.45, 7) is 0. The van der Waals surface area contributed by atoms with Gasteiger partial charge in [0.05, 0.1) is 16.7 Å². The van der Waals surface area contributed by atoms with Gasteiger partial charge in [-0.15, -0.1) is 0 Å². The van der Waals surface area contributed by atoms with E-state index < -0.39 is 0 Å². The Morgan fingerprint density at radius 3 is 1.61 bits per heavy atom. The van der Waals surface area contributed by atoms with Gasteiger partial charge in [0, 0.05) is 44.2 Å². The molecule has 4 rings (SSSR count). The zero-order chi connectivity index (χ0) is 15.4. The molecule has 3 aromatic rings. The number of aromatic nitrogens is 2. The molecule has 0 radical (unpaired) electrons. The van der Waals surface area contributed by atoms with Crippen LogP contribution in [0.1, 0.15) is 32.1 Å². The molecule has 0 spiro atoms. The molecule has 0 bridgehead atoms. The van der Waals surface area contributed by atoms with E-state index in [0.29, 0.717) is 0 Å². The van der Waals surface area contributed by atoms with E-state index in [1.807, 2.05) is 12.1 Å². The maximum Gasteiger partial charge on any atom is 0.0964 e. The molecule has 1 fully saturated rings. The number of benzene rings is 1. The monoisotopic (exact) mass is 489 g/mol. The second-order valence-electron chi connectivity index (χ2n) is 6.01. The molecule has 0 amide bonds. The Hall–Kier alpha value is -1.35. The van der Waals surface area contributed by atoms with Crippen molar-refractivity contribution in [3.05, 3.63) is 48.8 Å². The van der Waals surface area contributed by atoms with Crippen LogP contribution in [0.5, 0.6) is 0 Å². The largest absolute Gasteiger partial charge is 0.313 e. The SMILES string of the molecule is NC1(N)CCCCC1.[Pt].c1cnc2c(c1)ccc1cccnc12. The first-order valence-corrected chi connectivity index (χ1v) is 7.82. The van der Waals surface area contributed by atoms with Gasteiger partial charge in [-0.3, -0.25) is 9.97 Å². The van der Waals surface area contributed by atoms with Crippen LogP contribution >= 0.6 is 0 Å². The van der Waals surface area contributed by atoms with E-state index in [1.165, 1.54) is 19.3 Å². The van der Waals surface area contributed by atoms with Crippen LogP contribution in [-0.2, 0) is 21.1 Å². The molecule has 2 heterocycles. The Morgan fingerprint density at radius 2 is 1.22 bits per heavy atom. The zero-order valence-electron chi connectivity index (χ0n) is 13.0. The zero-order valence-corrected chi connectivity index (χ0v) is 15.3. The number of fused-ring (bicyclic) bond motifs is 3. The average molecular weight is 489 g/mol. The number of hydrogen-bond donors (Lipinski definition) is 2. The number of nitrogens with two attached hydrogens (primary N) is 2. The minimum Gasteiger partial charge on any atom is -0.313 e. The van der Waals surface area contributed by atoms with Crippen molar-refractivity contribution >= 4 is 21.8 Å². The number of pyridine rings is 2. The van der Waals surface area contributed by atoms with Gasteiger partial charge in [0.2, 0.25) is 0 Å². The van der Waals surface area contributed by atoms with Crippen molar-refractivity contribution in [3.63, 3.8) is 0 Å². The van der Waals surface area contributed by atoms with Crippen molar-refractivity contribution < 1.29 is 21.1 Å². The molecule has 1 saturated carbocycles. The summed E-state index contributed by atoms with van der Waals surface area (Å²) in [5.41, 5.74) is 12.9. The van der Waals surface area contributed by atoms with Crippen molar-refractivity contribution in [1.29, 1.82) is 0 Å². The van der Waals surface area contributed by atoms with Crippen LogP contribution in [0.4, 0.5) is 0 Å². The van der Waals surface area contributed by atoms with Gasteiger partial charge in [-0.2, -0.15) is 0 Å². The fourth-order valence-corrected chi connectivity index (χ4v) is 2.89. The van der Waals surface area contributed by atoms with Crippen LogP contribution in [0.2, 0.25) is 0 Å². The molecular formula is C18H22N4Pt. The first-order valence-electron chi connectivity index (χ1n) is 7.82. The van der Waals surface area contributed by atoms with Gasteiger partial charge in [0.15, 0.2) is 0 Å². The summed E-state index contributed by atoms with van der Waals surface area (Å²) >= 11 is 0. The van der Waals surface area contributed by atoms with Gasteiger partial charge >= 0.3 is 0 Å². The van der Waals surface area contributed by atoms with E-state index >= 15 is 0 Å². The number of rotatable bonds is 0. The Bertz CT molecular complexity index is 710. The first kappa shape index (κ1) is 18.0. The van der Waals surface area contributed by atoms with Gasteiger partial charge in [-0.05, 0) is 25.0 Å². The average Bonchev–Trinajstić information content (AvgIpc) is 2.55. The molecule has 4 N–H and O–H groups in total. The molecule has 1 aromatic carbocycles. The Kier molecular flexibility index (Phi) is 6.23. The van der Waals surface area contributed by atoms with Crippen LogP contribution in [0.15, 0.2) is 48.8 Å².